The van der Waals surface area contributed by atoms with Gasteiger partial charge in [0.25, 0.3) is 0 Å². The largest absolute Gasteiger partial charge is 0.233 e. The van der Waals surface area contributed by atoms with Crippen molar-refractivity contribution < 1.29 is 0 Å². The first-order valence-electron chi connectivity index (χ1n) is 1.24. The molecule has 0 saturated heterocycles. The molecule has 3 heteroatoms. The summed E-state index contributed by atoms with van der Waals surface area (Å²) >= 11 is 10.1. The number of aliphatic imine (C=N–C) groups is 1. The van der Waals surface area contributed by atoms with Crippen molar-refractivity contribution in [2.75, 3.05) is 0 Å². The molecule has 1 nitrogen and oxygen atoms in total. The second kappa shape index (κ2) is 3.19. The van der Waals surface area contributed by atoms with Crippen molar-refractivity contribution in [2.24, 2.45) is 4.99 Å². The predicted octanol–water partition coefficient (Wildman–Crippen LogP) is 1.96. The lowest BCUT2D eigenvalue weighted by Gasteiger charge is -1.72. The summed E-state index contributed by atoms with van der Waals surface area (Å²) in [7, 11) is 0. The minimum absolute atomic E-state index is 0.199. The third-order valence-electron chi connectivity index (χ3n) is 0.189. The van der Waals surface area contributed by atoms with Crippen LogP contribution in [0.2, 0.25) is 0 Å². The molecule has 0 saturated carbocycles. The van der Waals surface area contributed by atoms with E-state index in [4.69, 9.17) is 23.2 Å². The van der Waals surface area contributed by atoms with Gasteiger partial charge in [-0.2, -0.15) is 0 Å². The smallest absolute Gasteiger partial charge is 0.122 e. The Labute approximate surface area is 46.3 Å². The fourth-order valence-electron chi connectivity index (χ4n) is 0.0529. The molecule has 0 atom stereocenters. The minimum atomic E-state index is 0.199. The molecule has 0 aliphatic heterocycles. The maximum Gasteiger partial charge on any atom is 0.122 e. The van der Waals surface area contributed by atoms with Crippen molar-refractivity contribution >= 4 is 28.9 Å². The Balaban J connectivity index is 3.30. The first kappa shape index (κ1) is 5.99. The molecule has 0 amide bonds. The predicted molar refractivity (Wildman–Crippen MR) is 29.3 cm³/mol. The summed E-state index contributed by atoms with van der Waals surface area (Å²) in [6.45, 7) is 3.23. The van der Waals surface area contributed by atoms with Crippen molar-refractivity contribution in [3.8, 4) is 0 Å². The molecule has 0 aromatic carbocycles. The topological polar surface area (TPSA) is 12.4 Å². The Morgan fingerprint density at radius 3 is 2.33 bits per heavy atom. The highest BCUT2D eigenvalue weighted by Gasteiger charge is 1.69. The van der Waals surface area contributed by atoms with Gasteiger partial charge in [-0.15, -0.1) is 0 Å². The average Bonchev–Trinajstić information content (AvgIpc) is 1.35. The first-order chi connectivity index (χ1) is 2.77. The van der Waals surface area contributed by atoms with Crippen molar-refractivity contribution in [3.05, 3.63) is 11.7 Å². The van der Waals surface area contributed by atoms with Crippen LogP contribution < -0.4 is 0 Å². The van der Waals surface area contributed by atoms with Crippen molar-refractivity contribution in [3.63, 3.8) is 0 Å². The summed E-state index contributed by atoms with van der Waals surface area (Å²) in [6, 6.07) is 0. The quantitative estimate of drug-likeness (QED) is 0.374. The Morgan fingerprint density at radius 1 is 1.83 bits per heavy atom. The molecule has 6 heavy (non-hydrogen) atoms. The standard InChI is InChI=1S/C3H3Cl2N/c1-3(5)6-2-4/h2H,1H2. The molecule has 0 aromatic heterocycles. The average molecular weight is 124 g/mol. The fourth-order valence-corrected chi connectivity index (χ4v) is 0.269. The zero-order chi connectivity index (χ0) is 4.99. The number of halogens is 2. The molecule has 0 aliphatic carbocycles. The zero-order valence-electron chi connectivity index (χ0n) is 2.99. The van der Waals surface area contributed by atoms with E-state index < -0.39 is 0 Å². The maximum absolute atomic E-state index is 5.10. The van der Waals surface area contributed by atoms with Crippen LogP contribution in [-0.2, 0) is 0 Å². The second-order valence-corrected chi connectivity index (χ2v) is 1.23. The van der Waals surface area contributed by atoms with Crippen LogP contribution >= 0.6 is 23.2 Å². The van der Waals surface area contributed by atoms with E-state index in [2.05, 4.69) is 11.6 Å². The number of hydrogen-bond acceptors (Lipinski definition) is 1. The van der Waals surface area contributed by atoms with E-state index >= 15 is 0 Å². The third-order valence-corrected chi connectivity index (χ3v) is 0.384. The Bertz CT molecular complexity index is 76.9. The summed E-state index contributed by atoms with van der Waals surface area (Å²) in [5, 5.41) is 0.199. The molecule has 0 N–H and O–H groups in total. The van der Waals surface area contributed by atoms with Crippen LogP contribution in [0.5, 0.6) is 0 Å². The van der Waals surface area contributed by atoms with E-state index in [1.807, 2.05) is 0 Å². The van der Waals surface area contributed by atoms with E-state index in [0.29, 0.717) is 0 Å². The van der Waals surface area contributed by atoms with Crippen molar-refractivity contribution in [1.29, 1.82) is 0 Å². The van der Waals surface area contributed by atoms with Crippen molar-refractivity contribution in [2.45, 2.75) is 0 Å². The molecule has 0 radical (unpaired) electrons. The van der Waals surface area contributed by atoms with E-state index in [1.54, 1.807) is 0 Å². The summed E-state index contributed by atoms with van der Waals surface area (Å²) in [5.74, 6) is 0. The van der Waals surface area contributed by atoms with Gasteiger partial charge in [-0.3, -0.25) is 0 Å². The van der Waals surface area contributed by atoms with Gasteiger partial charge in [-0.1, -0.05) is 29.8 Å². The highest BCUT2D eigenvalue weighted by atomic mass is 35.5. The molecule has 34 valence electrons. The molecular weight excluding hydrogens is 121 g/mol. The molecule has 0 spiro atoms. The van der Waals surface area contributed by atoms with Crippen LogP contribution in [0.4, 0.5) is 0 Å². The third kappa shape index (κ3) is 3.99. The monoisotopic (exact) mass is 123 g/mol. The van der Waals surface area contributed by atoms with Gasteiger partial charge in [-0.05, 0) is 0 Å². The van der Waals surface area contributed by atoms with Gasteiger partial charge in [0.05, 0.1) is 5.67 Å². The normalized spacial score (nSPS) is 9.67. The Morgan fingerprint density at radius 2 is 2.33 bits per heavy atom. The van der Waals surface area contributed by atoms with Gasteiger partial charge < -0.3 is 0 Å². The van der Waals surface area contributed by atoms with E-state index in [0.717, 1.165) is 5.67 Å². The number of nitrogens with zero attached hydrogens (tertiary/aromatic N) is 1. The molecule has 0 unspecified atom stereocenters. The molecule has 0 aromatic rings. The van der Waals surface area contributed by atoms with Gasteiger partial charge in [-0.25, -0.2) is 4.99 Å². The van der Waals surface area contributed by atoms with Crippen LogP contribution in [0.15, 0.2) is 16.7 Å². The number of rotatable bonds is 1. The van der Waals surface area contributed by atoms with Crippen molar-refractivity contribution in [1.82, 2.24) is 0 Å². The lowest BCUT2D eigenvalue weighted by atomic mass is 11.0. The van der Waals surface area contributed by atoms with Crippen LogP contribution in [0.3, 0.4) is 0 Å². The highest BCUT2D eigenvalue weighted by molar-refractivity contribution is 6.56. The maximum atomic E-state index is 5.10. The van der Waals surface area contributed by atoms with E-state index in [1.165, 1.54) is 0 Å². The zero-order valence-corrected chi connectivity index (χ0v) is 4.50. The summed E-state index contributed by atoms with van der Waals surface area (Å²) < 4.78 is 0. The van der Waals surface area contributed by atoms with Gasteiger partial charge in [0.15, 0.2) is 0 Å². The molecule has 0 aliphatic rings. The molecule has 0 bridgehead atoms. The van der Waals surface area contributed by atoms with Gasteiger partial charge in [0.1, 0.15) is 5.16 Å². The van der Waals surface area contributed by atoms with Gasteiger partial charge in [0, 0.05) is 0 Å². The van der Waals surface area contributed by atoms with Gasteiger partial charge >= 0.3 is 0 Å². The molecule has 0 heterocycles. The van der Waals surface area contributed by atoms with E-state index in [-0.39, 0.29) is 5.16 Å². The summed E-state index contributed by atoms with van der Waals surface area (Å²) in [5.41, 5.74) is 1.06. The van der Waals surface area contributed by atoms with Crippen LogP contribution in [0.25, 0.3) is 0 Å². The lowest BCUT2D eigenvalue weighted by molar-refractivity contribution is 1.58. The Hall–Kier alpha value is -0.0100. The van der Waals surface area contributed by atoms with Gasteiger partial charge in [0.2, 0.25) is 0 Å². The fraction of sp³-hybridized carbons (Fsp3) is 0. The Kier molecular flexibility index (Phi) is 3.19. The lowest BCUT2D eigenvalue weighted by Crippen LogP contribution is -1.52. The van der Waals surface area contributed by atoms with Crippen LogP contribution in [0.1, 0.15) is 0 Å². The second-order valence-electron chi connectivity index (χ2n) is 0.603. The molecular formula is C3H3Cl2N. The molecule has 0 fully saturated rings. The van der Waals surface area contributed by atoms with Crippen LogP contribution in [-0.4, -0.2) is 5.67 Å². The SMILES string of the molecule is C=C(Cl)N=CCl. The minimum Gasteiger partial charge on any atom is -0.233 e. The van der Waals surface area contributed by atoms with Crippen LogP contribution in [0, 0.1) is 0 Å². The van der Waals surface area contributed by atoms with E-state index in [9.17, 15) is 0 Å². The number of hydrogen-bond donors (Lipinski definition) is 0. The molecule has 0 rings (SSSR count). The highest BCUT2D eigenvalue weighted by Crippen LogP contribution is 1.95. The first-order valence-corrected chi connectivity index (χ1v) is 2.06. The summed E-state index contributed by atoms with van der Waals surface area (Å²) in [4.78, 5) is 3.34. The summed E-state index contributed by atoms with van der Waals surface area (Å²) in [6.07, 6.45) is 0.